The fraction of sp³-hybridized carbons (Fsp3) is 0.0833. The largest absolute Gasteiger partial charge is 0.212 e. The second-order valence-electron chi connectivity index (χ2n) is 2.97. The monoisotopic (exact) mass is 171 g/mol. The Hall–Kier alpha value is -1.63. The summed E-state index contributed by atoms with van der Waals surface area (Å²) in [6.45, 7) is 0. The van der Waals surface area contributed by atoms with E-state index in [1.54, 1.807) is 6.07 Å². The highest BCUT2D eigenvalue weighted by atomic mass is 14.9. The predicted octanol–water partition coefficient (Wildman–Crippen LogP) is 2.18. The first-order chi connectivity index (χ1) is 6.79. The summed E-state index contributed by atoms with van der Waals surface area (Å²) in [5.41, 5.74) is 2.21. The molecule has 1 heteroatoms. The average molecular weight is 171 g/mol. The summed E-state index contributed by atoms with van der Waals surface area (Å²) in [6, 6.07) is 15.8. The fourth-order valence-corrected chi connectivity index (χ4v) is 1.37. The first-order valence-electron chi connectivity index (χ1n) is 4.80. The number of hydrogen-bond acceptors (Lipinski definition) is 0. The maximum atomic E-state index is 7.67. The van der Waals surface area contributed by atoms with Crippen molar-refractivity contribution in [1.82, 2.24) is 0 Å². The van der Waals surface area contributed by atoms with E-state index in [1.807, 2.05) is 41.9 Å². The van der Waals surface area contributed by atoms with Crippen LogP contribution >= 0.6 is 0 Å². The Bertz CT molecular complexity index is 437. The Labute approximate surface area is 79.7 Å². The number of aromatic nitrogens is 1. The third kappa shape index (κ3) is 1.59. The van der Waals surface area contributed by atoms with Crippen molar-refractivity contribution in [2.75, 3.05) is 0 Å². The van der Waals surface area contributed by atoms with E-state index in [0.717, 1.165) is 11.3 Å². The summed E-state index contributed by atoms with van der Waals surface area (Å²) in [7, 11) is 1.91. The summed E-state index contributed by atoms with van der Waals surface area (Å²) in [6.07, 6.45) is 0.520. The molecule has 0 saturated heterocycles. The zero-order chi connectivity index (χ0) is 9.97. The van der Waals surface area contributed by atoms with Crippen LogP contribution in [-0.4, -0.2) is 0 Å². The van der Waals surface area contributed by atoms with Crippen LogP contribution in [0, 0.1) is 0 Å². The zero-order valence-electron chi connectivity index (χ0n) is 8.57. The van der Waals surface area contributed by atoms with E-state index in [9.17, 15) is 0 Å². The topological polar surface area (TPSA) is 3.88 Å². The molecule has 0 aliphatic heterocycles. The molecule has 0 bridgehead atoms. The lowest BCUT2D eigenvalue weighted by atomic mass is 10.1. The Balaban J connectivity index is 2.58. The molecular formula is C12H12N+. The molecule has 0 radical (unpaired) electrons. The highest BCUT2D eigenvalue weighted by Crippen LogP contribution is 2.12. The van der Waals surface area contributed by atoms with Crippen LogP contribution in [0.15, 0.2) is 54.7 Å². The molecule has 0 spiro atoms. The van der Waals surface area contributed by atoms with Gasteiger partial charge in [-0.2, -0.15) is 0 Å². The summed E-state index contributed by atoms with van der Waals surface area (Å²) < 4.78 is 9.54. The molecule has 0 fully saturated rings. The molecule has 0 atom stereocenters. The molecule has 2 rings (SSSR count). The second kappa shape index (κ2) is 3.40. The lowest BCUT2D eigenvalue weighted by molar-refractivity contribution is -0.660. The Kier molecular flexibility index (Phi) is 1.79. The lowest BCUT2D eigenvalue weighted by Crippen LogP contribution is -2.29. The van der Waals surface area contributed by atoms with Crippen molar-refractivity contribution in [1.29, 1.82) is 0 Å². The van der Waals surface area contributed by atoms with Gasteiger partial charge in [-0.1, -0.05) is 18.2 Å². The second-order valence-corrected chi connectivity index (χ2v) is 2.97. The van der Waals surface area contributed by atoms with Gasteiger partial charge in [-0.25, -0.2) is 4.57 Å². The molecule has 1 heterocycles. The Morgan fingerprint density at radius 1 is 1.00 bits per heavy atom. The number of rotatable bonds is 1. The molecule has 1 nitrogen and oxygen atoms in total. The van der Waals surface area contributed by atoms with Gasteiger partial charge < -0.3 is 0 Å². The number of benzene rings is 1. The van der Waals surface area contributed by atoms with Crippen LogP contribution in [0.25, 0.3) is 11.3 Å². The van der Waals surface area contributed by atoms with Gasteiger partial charge >= 0.3 is 0 Å². The Morgan fingerprint density at radius 3 is 2.46 bits per heavy atom. The van der Waals surface area contributed by atoms with E-state index in [-0.39, 0.29) is 0 Å². The smallest absolute Gasteiger partial charge is 0.201 e. The van der Waals surface area contributed by atoms with Crippen LogP contribution in [0.4, 0.5) is 0 Å². The number of pyridine rings is 1. The minimum atomic E-state index is 0.520. The average Bonchev–Trinajstić information content (AvgIpc) is 2.23. The van der Waals surface area contributed by atoms with Crippen molar-refractivity contribution in [2.24, 2.45) is 7.05 Å². The van der Waals surface area contributed by atoms with Crippen molar-refractivity contribution in [2.45, 2.75) is 0 Å². The zero-order valence-corrected chi connectivity index (χ0v) is 7.57. The minimum absolute atomic E-state index is 0.520. The van der Waals surface area contributed by atoms with Crippen LogP contribution < -0.4 is 4.57 Å². The summed E-state index contributed by atoms with van der Waals surface area (Å²) in [5, 5.41) is 0. The molecule has 0 aliphatic rings. The van der Waals surface area contributed by atoms with E-state index >= 15 is 0 Å². The van der Waals surface area contributed by atoms with Crippen molar-refractivity contribution in [3.8, 4) is 11.3 Å². The first kappa shape index (κ1) is 6.84. The van der Waals surface area contributed by atoms with Crippen molar-refractivity contribution >= 4 is 0 Å². The van der Waals surface area contributed by atoms with E-state index in [4.69, 9.17) is 1.37 Å². The molecule has 0 saturated carbocycles. The molecule has 0 amide bonds. The SMILES string of the molecule is [2H]c1cccc(-c2ccccc2)[n+]1C. The first-order valence-corrected chi connectivity index (χ1v) is 4.30. The van der Waals surface area contributed by atoms with Gasteiger partial charge in [0.2, 0.25) is 5.69 Å². The van der Waals surface area contributed by atoms with Crippen molar-refractivity contribution in [3.05, 3.63) is 54.7 Å². The minimum Gasteiger partial charge on any atom is -0.201 e. The summed E-state index contributed by atoms with van der Waals surface area (Å²) >= 11 is 0. The number of hydrogen-bond donors (Lipinski definition) is 0. The van der Waals surface area contributed by atoms with Crippen molar-refractivity contribution in [3.63, 3.8) is 0 Å². The molecule has 0 N–H and O–H groups in total. The Morgan fingerprint density at radius 2 is 1.69 bits per heavy atom. The van der Waals surface area contributed by atoms with Crippen molar-refractivity contribution < 1.29 is 5.94 Å². The fourth-order valence-electron chi connectivity index (χ4n) is 1.37. The maximum Gasteiger partial charge on any atom is 0.212 e. The van der Waals surface area contributed by atoms with E-state index in [2.05, 4.69) is 12.1 Å². The van der Waals surface area contributed by atoms with Gasteiger partial charge in [0, 0.05) is 17.7 Å². The molecule has 13 heavy (non-hydrogen) atoms. The highest BCUT2D eigenvalue weighted by molar-refractivity contribution is 5.55. The van der Waals surface area contributed by atoms with E-state index in [0.29, 0.717) is 6.17 Å². The van der Waals surface area contributed by atoms with Gasteiger partial charge in [0.05, 0.1) is 0 Å². The van der Waals surface area contributed by atoms with Crippen LogP contribution in [-0.2, 0) is 7.05 Å². The van der Waals surface area contributed by atoms with E-state index in [1.165, 1.54) is 0 Å². The maximum absolute atomic E-state index is 7.67. The molecule has 1 aromatic carbocycles. The molecule has 0 aliphatic carbocycles. The van der Waals surface area contributed by atoms with Crippen LogP contribution in [0.2, 0.25) is 0 Å². The van der Waals surface area contributed by atoms with Gasteiger partial charge in [0.25, 0.3) is 0 Å². The highest BCUT2D eigenvalue weighted by Gasteiger charge is 2.05. The quantitative estimate of drug-likeness (QED) is 0.579. The van der Waals surface area contributed by atoms with Crippen LogP contribution in [0.5, 0.6) is 0 Å². The molecule has 0 unspecified atom stereocenters. The van der Waals surface area contributed by atoms with Crippen LogP contribution in [0.3, 0.4) is 0 Å². The summed E-state index contributed by atoms with van der Waals surface area (Å²) in [5.74, 6) is 0. The van der Waals surface area contributed by atoms with E-state index < -0.39 is 0 Å². The van der Waals surface area contributed by atoms with Gasteiger partial charge in [-0.15, -0.1) is 0 Å². The van der Waals surface area contributed by atoms with Gasteiger partial charge in [-0.3, -0.25) is 0 Å². The molecule has 64 valence electrons. The van der Waals surface area contributed by atoms with Gasteiger partial charge in [0.1, 0.15) is 8.42 Å². The van der Waals surface area contributed by atoms with Gasteiger partial charge in [0.15, 0.2) is 6.17 Å². The predicted molar refractivity (Wildman–Crippen MR) is 53.1 cm³/mol. The molecule has 1 aromatic heterocycles. The normalized spacial score (nSPS) is 11.0. The lowest BCUT2D eigenvalue weighted by Gasteiger charge is -1.97. The third-order valence-electron chi connectivity index (χ3n) is 2.05. The molecular weight excluding hydrogens is 158 g/mol. The summed E-state index contributed by atoms with van der Waals surface area (Å²) in [4.78, 5) is 0. The third-order valence-corrected chi connectivity index (χ3v) is 2.05. The van der Waals surface area contributed by atoms with Gasteiger partial charge in [-0.05, 0) is 18.2 Å². The van der Waals surface area contributed by atoms with Crippen LogP contribution in [0.1, 0.15) is 1.37 Å². The standard InChI is InChI=1S/C12H12N/c1-13-10-6-5-9-12(13)11-7-3-2-4-8-11/h2-10H,1H3/q+1/i10D. The molecule has 2 aromatic rings. The number of nitrogens with zero attached hydrogens (tertiary/aromatic N) is 1.